The van der Waals surface area contributed by atoms with E-state index in [0.717, 1.165) is 36.2 Å². The predicted molar refractivity (Wildman–Crippen MR) is 90.6 cm³/mol. The number of nitrogens with zero attached hydrogens (tertiary/aromatic N) is 2. The minimum atomic E-state index is -1.10. The lowest BCUT2D eigenvalue weighted by molar-refractivity contribution is -0.130. The summed E-state index contributed by atoms with van der Waals surface area (Å²) in [6.45, 7) is 1.80. The predicted octanol–water partition coefficient (Wildman–Crippen LogP) is -0.586. The highest BCUT2D eigenvalue weighted by Crippen LogP contribution is 2.34. The number of rotatable bonds is 2. The number of nitrogens with one attached hydrogen (secondary N) is 2. The van der Waals surface area contributed by atoms with Gasteiger partial charge in [-0.3, -0.25) is 29.4 Å². The minimum Gasteiger partial charge on any atom is -0.366 e. The number of hydrogen-bond donors (Lipinski definition) is 2. The van der Waals surface area contributed by atoms with E-state index in [1.54, 1.807) is 12.1 Å². The summed E-state index contributed by atoms with van der Waals surface area (Å²) in [7, 11) is 0. The summed E-state index contributed by atoms with van der Waals surface area (Å²) in [6.07, 6.45) is 3.53. The maximum atomic E-state index is 12.8. The number of piperazine rings is 1. The van der Waals surface area contributed by atoms with Crippen molar-refractivity contribution in [3.63, 3.8) is 0 Å². The van der Waals surface area contributed by atoms with Crippen LogP contribution in [0.4, 0.5) is 5.69 Å². The Bertz CT molecular complexity index is 908. The van der Waals surface area contributed by atoms with E-state index >= 15 is 0 Å². The van der Waals surface area contributed by atoms with Crippen molar-refractivity contribution in [2.45, 2.75) is 24.5 Å². The Morgan fingerprint density at radius 3 is 2.54 bits per heavy atom. The van der Waals surface area contributed by atoms with Crippen LogP contribution >= 0.6 is 0 Å². The minimum absolute atomic E-state index is 0.291. The highest BCUT2D eigenvalue weighted by Gasteiger charge is 2.44. The van der Waals surface area contributed by atoms with E-state index in [1.165, 1.54) is 6.08 Å². The number of carbonyl (C=O) groups is 4. The molecule has 0 spiro atoms. The van der Waals surface area contributed by atoms with Gasteiger partial charge in [0.2, 0.25) is 5.91 Å². The zero-order valence-electron chi connectivity index (χ0n) is 13.8. The molecule has 2 N–H and O–H groups in total. The number of fused-ring (bicyclic) bond motifs is 3. The van der Waals surface area contributed by atoms with Gasteiger partial charge in [-0.2, -0.15) is 0 Å². The van der Waals surface area contributed by atoms with Crippen LogP contribution in [0.25, 0.3) is 0 Å². The van der Waals surface area contributed by atoms with Crippen LogP contribution in [-0.2, 0) is 9.59 Å². The molecule has 0 aromatic heterocycles. The van der Waals surface area contributed by atoms with E-state index in [9.17, 15) is 19.2 Å². The van der Waals surface area contributed by atoms with Crippen LogP contribution in [0.2, 0.25) is 0 Å². The Balaban J connectivity index is 1.48. The molecule has 132 valence electrons. The van der Waals surface area contributed by atoms with E-state index in [0.29, 0.717) is 23.2 Å². The molecule has 1 aromatic rings. The summed E-state index contributed by atoms with van der Waals surface area (Å²) < 4.78 is 0. The van der Waals surface area contributed by atoms with Crippen LogP contribution in [-0.4, -0.2) is 59.7 Å². The first-order chi connectivity index (χ1) is 12.5. The normalized spacial score (nSPS) is 29.6. The van der Waals surface area contributed by atoms with Crippen molar-refractivity contribution in [3.8, 4) is 0 Å². The maximum absolute atomic E-state index is 12.8. The quantitative estimate of drug-likeness (QED) is 0.691. The first kappa shape index (κ1) is 15.3. The topological polar surface area (TPSA) is 98.8 Å². The van der Waals surface area contributed by atoms with Gasteiger partial charge in [-0.05, 0) is 30.7 Å². The van der Waals surface area contributed by atoms with Crippen molar-refractivity contribution in [2.75, 3.05) is 18.0 Å². The molecule has 0 aliphatic carbocycles. The SMILES string of the molecule is O=C1C=CC(N2C(=O)c3ccc(N4CC5CC4CN5)cc3C2=O)C(=O)N1. The Labute approximate surface area is 148 Å². The first-order valence-corrected chi connectivity index (χ1v) is 8.58. The van der Waals surface area contributed by atoms with Crippen molar-refractivity contribution < 1.29 is 19.2 Å². The molecule has 3 atom stereocenters. The number of carbonyl (C=O) groups excluding carboxylic acids is 4. The lowest BCUT2D eigenvalue weighted by atomic mass is 10.1. The molecule has 4 heterocycles. The van der Waals surface area contributed by atoms with Crippen LogP contribution in [0.1, 0.15) is 27.1 Å². The van der Waals surface area contributed by atoms with Crippen LogP contribution in [0.5, 0.6) is 0 Å². The highest BCUT2D eigenvalue weighted by molar-refractivity contribution is 6.24. The molecule has 8 nitrogen and oxygen atoms in total. The molecule has 2 fully saturated rings. The van der Waals surface area contributed by atoms with Gasteiger partial charge in [0.15, 0.2) is 0 Å². The average Bonchev–Trinajstić information content (AvgIpc) is 3.31. The first-order valence-electron chi connectivity index (χ1n) is 8.58. The van der Waals surface area contributed by atoms with Gasteiger partial charge in [-0.25, -0.2) is 0 Å². The Hall–Kier alpha value is -3.00. The molecule has 0 radical (unpaired) electrons. The fourth-order valence-electron chi connectivity index (χ4n) is 4.26. The molecule has 5 rings (SSSR count). The molecular formula is C18H16N4O4. The van der Waals surface area contributed by atoms with Crippen molar-refractivity contribution in [2.24, 2.45) is 0 Å². The van der Waals surface area contributed by atoms with Crippen molar-refractivity contribution >= 4 is 29.3 Å². The van der Waals surface area contributed by atoms with Gasteiger partial charge in [0.1, 0.15) is 6.04 Å². The highest BCUT2D eigenvalue weighted by atomic mass is 16.2. The van der Waals surface area contributed by atoms with Crippen LogP contribution < -0.4 is 15.5 Å². The third-order valence-electron chi connectivity index (χ3n) is 5.51. The summed E-state index contributed by atoms with van der Waals surface area (Å²) in [5.41, 5.74) is 1.51. The number of anilines is 1. The second-order valence-corrected chi connectivity index (χ2v) is 7.01. The maximum Gasteiger partial charge on any atom is 0.262 e. The lowest BCUT2D eigenvalue weighted by Gasteiger charge is -2.29. The molecule has 2 bridgehead atoms. The van der Waals surface area contributed by atoms with E-state index in [-0.39, 0.29) is 0 Å². The van der Waals surface area contributed by atoms with Gasteiger partial charge < -0.3 is 10.2 Å². The van der Waals surface area contributed by atoms with Gasteiger partial charge in [0.05, 0.1) is 11.1 Å². The Kier molecular flexibility index (Phi) is 3.08. The van der Waals surface area contributed by atoms with E-state index < -0.39 is 29.7 Å². The number of imide groups is 2. The van der Waals surface area contributed by atoms with Gasteiger partial charge in [0.25, 0.3) is 17.7 Å². The van der Waals surface area contributed by atoms with Gasteiger partial charge >= 0.3 is 0 Å². The number of amides is 4. The second kappa shape index (κ2) is 5.25. The van der Waals surface area contributed by atoms with Crippen molar-refractivity contribution in [3.05, 3.63) is 41.5 Å². The van der Waals surface area contributed by atoms with E-state index in [4.69, 9.17) is 0 Å². The summed E-state index contributed by atoms with van der Waals surface area (Å²) >= 11 is 0. The van der Waals surface area contributed by atoms with Crippen molar-refractivity contribution in [1.82, 2.24) is 15.5 Å². The molecule has 2 saturated heterocycles. The fraction of sp³-hybridized carbons (Fsp3) is 0.333. The molecule has 4 aliphatic rings. The summed E-state index contributed by atoms with van der Waals surface area (Å²) in [4.78, 5) is 52.0. The molecule has 26 heavy (non-hydrogen) atoms. The summed E-state index contributed by atoms with van der Waals surface area (Å²) in [5, 5.41) is 5.55. The molecule has 1 aromatic carbocycles. The van der Waals surface area contributed by atoms with E-state index in [1.807, 2.05) is 6.07 Å². The summed E-state index contributed by atoms with van der Waals surface area (Å²) in [5.74, 6) is -2.24. The molecule has 4 amide bonds. The number of benzene rings is 1. The zero-order valence-corrected chi connectivity index (χ0v) is 13.8. The van der Waals surface area contributed by atoms with Gasteiger partial charge in [-0.1, -0.05) is 0 Å². The van der Waals surface area contributed by atoms with Crippen LogP contribution in [0.15, 0.2) is 30.4 Å². The monoisotopic (exact) mass is 352 g/mol. The molecule has 8 heteroatoms. The molecule has 4 aliphatic heterocycles. The Morgan fingerprint density at radius 1 is 1.04 bits per heavy atom. The average molecular weight is 352 g/mol. The lowest BCUT2D eigenvalue weighted by Crippen LogP contribution is -2.51. The molecular weight excluding hydrogens is 336 g/mol. The molecule has 3 unspecified atom stereocenters. The van der Waals surface area contributed by atoms with E-state index in [2.05, 4.69) is 15.5 Å². The zero-order chi connectivity index (χ0) is 18.0. The third kappa shape index (κ3) is 2.05. The van der Waals surface area contributed by atoms with Gasteiger partial charge in [0, 0.05) is 36.9 Å². The van der Waals surface area contributed by atoms with Gasteiger partial charge in [-0.15, -0.1) is 0 Å². The van der Waals surface area contributed by atoms with Crippen LogP contribution in [0.3, 0.4) is 0 Å². The Morgan fingerprint density at radius 2 is 1.85 bits per heavy atom. The third-order valence-corrected chi connectivity index (χ3v) is 5.51. The standard InChI is InChI=1S/C18H16N4O4/c23-15-4-3-14(16(24)20-15)22-17(25)12-2-1-10(6-13(12)18(22)26)21-8-9-5-11(21)7-19-9/h1-4,6,9,11,14,19H,5,7-8H2,(H,20,23,24). The van der Waals surface area contributed by atoms with Crippen molar-refractivity contribution in [1.29, 1.82) is 0 Å². The van der Waals surface area contributed by atoms with Crippen LogP contribution in [0, 0.1) is 0 Å². The second-order valence-electron chi connectivity index (χ2n) is 7.01. The smallest absolute Gasteiger partial charge is 0.262 e. The largest absolute Gasteiger partial charge is 0.366 e. The summed E-state index contributed by atoms with van der Waals surface area (Å²) in [6, 6.07) is 5.02. The molecule has 0 saturated carbocycles. The fourth-order valence-corrected chi connectivity index (χ4v) is 4.26. The number of hydrogen-bond acceptors (Lipinski definition) is 6.